The molecule has 122 valence electrons. The molecule has 2 aromatic rings. The van der Waals surface area contributed by atoms with E-state index in [1.807, 2.05) is 0 Å². The maximum absolute atomic E-state index is 12.8. The second-order valence-electron chi connectivity index (χ2n) is 4.48. The van der Waals surface area contributed by atoms with E-state index in [1.54, 1.807) is 0 Å². The Balaban J connectivity index is 2.35. The third-order valence-electron chi connectivity index (χ3n) is 2.91. The van der Waals surface area contributed by atoms with Crippen LogP contribution in [-0.4, -0.2) is 26.8 Å². The monoisotopic (exact) mass is 347 g/mol. The Kier molecular flexibility index (Phi) is 4.33. The topological polar surface area (TPSA) is 84.2 Å². The van der Waals surface area contributed by atoms with E-state index in [-0.39, 0.29) is 16.9 Å². The minimum Gasteiger partial charge on any atom is -0.478 e. The van der Waals surface area contributed by atoms with Gasteiger partial charge in [0.25, 0.3) is 5.91 Å². The first-order valence-electron chi connectivity index (χ1n) is 6.04. The van der Waals surface area contributed by atoms with Gasteiger partial charge in [-0.25, -0.2) is 4.79 Å². The maximum atomic E-state index is 12.8. The summed E-state index contributed by atoms with van der Waals surface area (Å²) >= 11 is 5.48. The van der Waals surface area contributed by atoms with Gasteiger partial charge >= 0.3 is 12.1 Å². The van der Waals surface area contributed by atoms with Crippen molar-refractivity contribution < 1.29 is 27.9 Å². The van der Waals surface area contributed by atoms with Crippen LogP contribution >= 0.6 is 11.6 Å². The Morgan fingerprint density at radius 3 is 2.57 bits per heavy atom. The first-order valence-corrected chi connectivity index (χ1v) is 6.42. The van der Waals surface area contributed by atoms with Crippen LogP contribution in [0.5, 0.6) is 0 Å². The molecular weight excluding hydrogens is 339 g/mol. The first-order chi connectivity index (χ1) is 10.6. The number of amides is 1. The summed E-state index contributed by atoms with van der Waals surface area (Å²) in [6.07, 6.45) is -3.71. The van der Waals surface area contributed by atoms with Crippen LogP contribution in [0.25, 0.3) is 0 Å². The number of aromatic carboxylic acids is 1. The molecule has 0 fully saturated rings. The zero-order valence-electron chi connectivity index (χ0n) is 11.5. The number of carbonyl (C=O) groups is 2. The molecule has 1 heterocycles. The van der Waals surface area contributed by atoms with Crippen LogP contribution in [0, 0.1) is 0 Å². The SMILES string of the molecule is Cn1ncc(C(=O)O)c1C(=O)Nc1ccc(Cl)c(C(F)(F)F)c1. The maximum Gasteiger partial charge on any atom is 0.417 e. The molecule has 0 spiro atoms. The van der Waals surface area contributed by atoms with Gasteiger partial charge in [-0.1, -0.05) is 11.6 Å². The molecule has 0 bridgehead atoms. The Morgan fingerprint density at radius 1 is 1.35 bits per heavy atom. The second-order valence-corrected chi connectivity index (χ2v) is 4.89. The number of carboxylic acid groups (broad SMARTS) is 1. The van der Waals surface area contributed by atoms with Gasteiger partial charge < -0.3 is 10.4 Å². The standard InChI is InChI=1S/C13H9ClF3N3O3/c1-20-10(7(5-18-20)12(22)23)11(21)19-6-2-3-9(14)8(4-6)13(15,16)17/h2-5H,1H3,(H,19,21)(H,22,23). The lowest BCUT2D eigenvalue weighted by Gasteiger charge is -2.12. The van der Waals surface area contributed by atoms with E-state index in [0.29, 0.717) is 6.07 Å². The highest BCUT2D eigenvalue weighted by molar-refractivity contribution is 6.31. The fourth-order valence-corrected chi connectivity index (χ4v) is 2.10. The van der Waals surface area contributed by atoms with Gasteiger partial charge in [0.1, 0.15) is 11.3 Å². The van der Waals surface area contributed by atoms with Crippen molar-refractivity contribution in [3.8, 4) is 0 Å². The van der Waals surface area contributed by atoms with Crippen molar-refractivity contribution in [1.29, 1.82) is 0 Å². The van der Waals surface area contributed by atoms with Gasteiger partial charge in [0, 0.05) is 12.7 Å². The largest absolute Gasteiger partial charge is 0.478 e. The fourth-order valence-electron chi connectivity index (χ4n) is 1.87. The number of aryl methyl sites for hydroxylation is 1. The zero-order valence-corrected chi connectivity index (χ0v) is 12.2. The number of hydrogen-bond donors (Lipinski definition) is 2. The summed E-state index contributed by atoms with van der Waals surface area (Å²) in [7, 11) is 1.34. The zero-order chi connectivity index (χ0) is 17.4. The third kappa shape index (κ3) is 3.45. The third-order valence-corrected chi connectivity index (χ3v) is 3.24. The molecule has 2 rings (SSSR count). The molecule has 10 heteroatoms. The normalized spacial score (nSPS) is 11.3. The quantitative estimate of drug-likeness (QED) is 0.893. The second kappa shape index (κ2) is 5.92. The number of benzene rings is 1. The molecule has 1 aromatic carbocycles. The average molecular weight is 348 g/mol. The summed E-state index contributed by atoms with van der Waals surface area (Å²) in [5, 5.41) is 14.3. The lowest BCUT2D eigenvalue weighted by molar-refractivity contribution is -0.137. The number of hydrogen-bond acceptors (Lipinski definition) is 3. The van der Waals surface area contributed by atoms with Crippen LogP contribution in [0.15, 0.2) is 24.4 Å². The number of rotatable bonds is 3. The number of anilines is 1. The van der Waals surface area contributed by atoms with Crippen LogP contribution in [0.3, 0.4) is 0 Å². The van der Waals surface area contributed by atoms with Crippen molar-refractivity contribution in [2.75, 3.05) is 5.32 Å². The summed E-state index contributed by atoms with van der Waals surface area (Å²) in [4.78, 5) is 23.1. The molecule has 0 saturated carbocycles. The number of carboxylic acids is 1. The van der Waals surface area contributed by atoms with Crippen LogP contribution in [0.2, 0.25) is 5.02 Å². The number of nitrogens with zero attached hydrogens (tertiary/aromatic N) is 2. The molecule has 1 aromatic heterocycles. The van der Waals surface area contributed by atoms with Crippen LogP contribution < -0.4 is 5.32 Å². The molecule has 1 amide bonds. The number of halogens is 4. The lowest BCUT2D eigenvalue weighted by Crippen LogP contribution is -2.19. The van der Waals surface area contributed by atoms with Crippen molar-refractivity contribution in [2.24, 2.45) is 7.05 Å². The molecule has 0 atom stereocenters. The van der Waals surface area contributed by atoms with E-state index in [2.05, 4.69) is 10.4 Å². The number of carbonyl (C=O) groups excluding carboxylic acids is 1. The molecule has 0 aliphatic carbocycles. The van der Waals surface area contributed by atoms with Crippen molar-refractivity contribution >= 4 is 29.2 Å². The van der Waals surface area contributed by atoms with Crippen LogP contribution in [0.1, 0.15) is 26.4 Å². The minimum atomic E-state index is -4.68. The lowest BCUT2D eigenvalue weighted by atomic mass is 10.1. The highest BCUT2D eigenvalue weighted by atomic mass is 35.5. The van der Waals surface area contributed by atoms with Crippen molar-refractivity contribution in [1.82, 2.24) is 9.78 Å². The summed E-state index contributed by atoms with van der Waals surface area (Å²) in [6.45, 7) is 0. The van der Waals surface area contributed by atoms with Gasteiger partial charge in [0.05, 0.1) is 16.8 Å². The fraction of sp³-hybridized carbons (Fsp3) is 0.154. The molecule has 0 aliphatic rings. The first kappa shape index (κ1) is 16.8. The molecule has 2 N–H and O–H groups in total. The minimum absolute atomic E-state index is 0.177. The van der Waals surface area contributed by atoms with E-state index in [9.17, 15) is 22.8 Å². The van der Waals surface area contributed by atoms with Crippen molar-refractivity contribution in [2.45, 2.75) is 6.18 Å². The Bertz CT molecular complexity index is 787. The summed E-state index contributed by atoms with van der Waals surface area (Å²) in [5.41, 5.74) is -1.94. The van der Waals surface area contributed by atoms with Gasteiger partial charge in [-0.05, 0) is 18.2 Å². The van der Waals surface area contributed by atoms with Crippen LogP contribution in [-0.2, 0) is 13.2 Å². The Labute approximate surface area is 132 Å². The van der Waals surface area contributed by atoms with E-state index < -0.39 is 28.6 Å². The molecule has 0 radical (unpaired) electrons. The molecular formula is C13H9ClF3N3O3. The predicted molar refractivity (Wildman–Crippen MR) is 74.6 cm³/mol. The van der Waals surface area contributed by atoms with E-state index in [0.717, 1.165) is 16.9 Å². The number of alkyl halides is 3. The summed E-state index contributed by atoms with van der Waals surface area (Å²) < 4.78 is 39.4. The van der Waals surface area contributed by atoms with Gasteiger partial charge in [-0.3, -0.25) is 9.48 Å². The molecule has 0 aliphatic heterocycles. The van der Waals surface area contributed by atoms with E-state index in [4.69, 9.17) is 16.7 Å². The van der Waals surface area contributed by atoms with Gasteiger partial charge in [0.2, 0.25) is 0 Å². The highest BCUT2D eigenvalue weighted by Gasteiger charge is 2.33. The Hall–Kier alpha value is -2.55. The number of aromatic nitrogens is 2. The number of nitrogens with one attached hydrogen (secondary N) is 1. The Morgan fingerprint density at radius 2 is 2.00 bits per heavy atom. The molecule has 23 heavy (non-hydrogen) atoms. The predicted octanol–water partition coefficient (Wildman–Crippen LogP) is 3.04. The molecule has 6 nitrogen and oxygen atoms in total. The molecule has 0 unspecified atom stereocenters. The van der Waals surface area contributed by atoms with Crippen LogP contribution in [0.4, 0.5) is 18.9 Å². The van der Waals surface area contributed by atoms with E-state index in [1.165, 1.54) is 13.1 Å². The van der Waals surface area contributed by atoms with Gasteiger partial charge in [-0.15, -0.1) is 0 Å². The van der Waals surface area contributed by atoms with Crippen molar-refractivity contribution in [3.63, 3.8) is 0 Å². The smallest absolute Gasteiger partial charge is 0.417 e. The van der Waals surface area contributed by atoms with E-state index >= 15 is 0 Å². The van der Waals surface area contributed by atoms with Crippen molar-refractivity contribution in [3.05, 3.63) is 46.2 Å². The molecule has 0 saturated heterocycles. The van der Waals surface area contributed by atoms with Gasteiger partial charge in [-0.2, -0.15) is 18.3 Å². The van der Waals surface area contributed by atoms with Gasteiger partial charge in [0.15, 0.2) is 0 Å². The summed E-state index contributed by atoms with van der Waals surface area (Å²) in [6, 6.07) is 2.82. The summed E-state index contributed by atoms with van der Waals surface area (Å²) in [5.74, 6) is -2.28. The average Bonchev–Trinajstić information content (AvgIpc) is 2.81. The highest BCUT2D eigenvalue weighted by Crippen LogP contribution is 2.36.